The number of pyridine rings is 1. The van der Waals surface area contributed by atoms with Crippen LogP contribution < -0.4 is 5.32 Å². The van der Waals surface area contributed by atoms with Gasteiger partial charge in [0, 0.05) is 23.8 Å². The van der Waals surface area contributed by atoms with Crippen LogP contribution in [0.2, 0.25) is 10.0 Å². The third kappa shape index (κ3) is 1.96. The molecule has 4 heteroatoms. The topological polar surface area (TPSA) is 24.9 Å². The summed E-state index contributed by atoms with van der Waals surface area (Å²) in [6.45, 7) is 4.10. The van der Waals surface area contributed by atoms with E-state index in [-0.39, 0.29) is 0 Å². The van der Waals surface area contributed by atoms with Crippen molar-refractivity contribution < 1.29 is 0 Å². The first kappa shape index (κ1) is 12.5. The molecule has 0 unspecified atom stereocenters. The molecule has 0 aliphatic rings. The molecule has 0 aliphatic heterocycles. The maximum absolute atomic E-state index is 6.26. The Morgan fingerprint density at radius 1 is 1.24 bits per heavy atom. The summed E-state index contributed by atoms with van der Waals surface area (Å²) in [6, 6.07) is 3.59. The predicted molar refractivity (Wildman–Crippen MR) is 75.4 cm³/mol. The van der Waals surface area contributed by atoms with Gasteiger partial charge < -0.3 is 5.32 Å². The van der Waals surface area contributed by atoms with Crippen LogP contribution in [0.15, 0.2) is 12.1 Å². The molecule has 0 bridgehead atoms. The van der Waals surface area contributed by atoms with Crippen LogP contribution in [0.25, 0.3) is 10.9 Å². The second kappa shape index (κ2) is 4.71. The van der Waals surface area contributed by atoms with E-state index < -0.39 is 0 Å². The van der Waals surface area contributed by atoms with E-state index in [1.165, 1.54) is 5.56 Å². The molecule has 1 heterocycles. The van der Waals surface area contributed by atoms with Gasteiger partial charge in [0.05, 0.1) is 15.6 Å². The second-order valence-electron chi connectivity index (χ2n) is 3.91. The number of aryl methyl sites for hydroxylation is 1. The Bertz CT molecular complexity index is 579. The summed E-state index contributed by atoms with van der Waals surface area (Å²) in [6.07, 6.45) is 0.911. The number of aromatic nitrogens is 1. The third-order valence-corrected chi connectivity index (χ3v) is 3.57. The maximum atomic E-state index is 6.26. The van der Waals surface area contributed by atoms with Gasteiger partial charge in [-0.25, -0.2) is 0 Å². The first-order valence-corrected chi connectivity index (χ1v) is 6.30. The quantitative estimate of drug-likeness (QED) is 0.870. The molecule has 0 atom stereocenters. The first-order valence-electron chi connectivity index (χ1n) is 5.55. The average Bonchev–Trinajstić information content (AvgIpc) is 2.32. The Morgan fingerprint density at radius 3 is 2.47 bits per heavy atom. The first-order chi connectivity index (χ1) is 8.10. The van der Waals surface area contributed by atoms with Gasteiger partial charge in [-0.1, -0.05) is 30.1 Å². The molecule has 0 saturated carbocycles. The zero-order valence-electron chi connectivity index (χ0n) is 10.1. The molecular formula is C13H14Cl2N2. The van der Waals surface area contributed by atoms with Crippen molar-refractivity contribution in [1.82, 2.24) is 4.98 Å². The van der Waals surface area contributed by atoms with Gasteiger partial charge in [0.1, 0.15) is 0 Å². The van der Waals surface area contributed by atoms with Crippen molar-refractivity contribution in [3.8, 4) is 0 Å². The van der Waals surface area contributed by atoms with Crippen LogP contribution in [0.4, 0.5) is 5.69 Å². The van der Waals surface area contributed by atoms with E-state index in [0.29, 0.717) is 10.0 Å². The standard InChI is InChI=1S/C13H14Cl2N2/c1-4-8-7(2)17-13-10(15)6-5-9(14)11(13)12(8)16-3/h5-6H,4H2,1-3H3,(H,16,17). The summed E-state index contributed by atoms with van der Waals surface area (Å²) in [5.74, 6) is 0. The van der Waals surface area contributed by atoms with Crippen LogP contribution in [-0.4, -0.2) is 12.0 Å². The van der Waals surface area contributed by atoms with E-state index in [2.05, 4.69) is 17.2 Å². The lowest BCUT2D eigenvalue weighted by Gasteiger charge is -2.15. The molecule has 0 spiro atoms. The highest BCUT2D eigenvalue weighted by molar-refractivity contribution is 6.40. The fourth-order valence-electron chi connectivity index (χ4n) is 2.16. The molecule has 2 nitrogen and oxygen atoms in total. The maximum Gasteiger partial charge on any atom is 0.0927 e. The van der Waals surface area contributed by atoms with Crippen molar-refractivity contribution >= 4 is 39.8 Å². The summed E-state index contributed by atoms with van der Waals surface area (Å²) < 4.78 is 0. The lowest BCUT2D eigenvalue weighted by molar-refractivity contribution is 1.07. The SMILES string of the molecule is CCc1c(C)nc2c(Cl)ccc(Cl)c2c1NC. The van der Waals surface area contributed by atoms with Gasteiger partial charge in [0.15, 0.2) is 0 Å². The fourth-order valence-corrected chi connectivity index (χ4v) is 2.61. The number of hydrogen-bond donors (Lipinski definition) is 1. The Labute approximate surface area is 111 Å². The molecule has 1 N–H and O–H groups in total. The number of rotatable bonds is 2. The van der Waals surface area contributed by atoms with Crippen LogP contribution >= 0.6 is 23.2 Å². The van der Waals surface area contributed by atoms with Crippen LogP contribution in [0.5, 0.6) is 0 Å². The van der Waals surface area contributed by atoms with Gasteiger partial charge >= 0.3 is 0 Å². The smallest absolute Gasteiger partial charge is 0.0927 e. The molecular weight excluding hydrogens is 255 g/mol. The van der Waals surface area contributed by atoms with E-state index in [0.717, 1.165) is 28.7 Å². The summed E-state index contributed by atoms with van der Waals surface area (Å²) in [5, 5.41) is 5.43. The fraction of sp³-hybridized carbons (Fsp3) is 0.308. The Kier molecular flexibility index (Phi) is 3.45. The normalized spacial score (nSPS) is 10.9. The minimum atomic E-state index is 0.631. The monoisotopic (exact) mass is 268 g/mol. The molecule has 0 amide bonds. The third-order valence-electron chi connectivity index (χ3n) is 2.95. The molecule has 2 rings (SSSR count). The van der Waals surface area contributed by atoms with Crippen molar-refractivity contribution in [2.45, 2.75) is 20.3 Å². The van der Waals surface area contributed by atoms with E-state index in [1.807, 2.05) is 20.0 Å². The number of fused-ring (bicyclic) bond motifs is 1. The van der Waals surface area contributed by atoms with Crippen molar-refractivity contribution in [1.29, 1.82) is 0 Å². The zero-order chi connectivity index (χ0) is 12.6. The van der Waals surface area contributed by atoms with Gasteiger partial charge in [-0.3, -0.25) is 4.98 Å². The Balaban J connectivity index is 2.98. The Morgan fingerprint density at radius 2 is 1.88 bits per heavy atom. The van der Waals surface area contributed by atoms with E-state index in [4.69, 9.17) is 23.2 Å². The molecule has 0 saturated heterocycles. The van der Waals surface area contributed by atoms with E-state index in [1.54, 1.807) is 6.07 Å². The van der Waals surface area contributed by atoms with Crippen molar-refractivity contribution in [2.24, 2.45) is 0 Å². The van der Waals surface area contributed by atoms with Crippen molar-refractivity contribution in [3.05, 3.63) is 33.4 Å². The number of hydrogen-bond acceptors (Lipinski definition) is 2. The summed E-state index contributed by atoms with van der Waals surface area (Å²) in [7, 11) is 1.89. The number of nitrogens with one attached hydrogen (secondary N) is 1. The number of benzene rings is 1. The van der Waals surface area contributed by atoms with Gasteiger partial charge in [0.25, 0.3) is 0 Å². The molecule has 1 aromatic carbocycles. The molecule has 17 heavy (non-hydrogen) atoms. The number of anilines is 1. The van der Waals surface area contributed by atoms with Gasteiger partial charge in [-0.05, 0) is 31.0 Å². The molecule has 0 aliphatic carbocycles. The molecule has 2 aromatic rings. The summed E-state index contributed by atoms with van der Waals surface area (Å²) in [5.41, 5.74) is 3.97. The van der Waals surface area contributed by atoms with Crippen molar-refractivity contribution in [2.75, 3.05) is 12.4 Å². The number of halogens is 2. The number of nitrogens with zero attached hydrogens (tertiary/aromatic N) is 1. The highest BCUT2D eigenvalue weighted by Gasteiger charge is 2.14. The Hall–Kier alpha value is -0.990. The zero-order valence-corrected chi connectivity index (χ0v) is 11.6. The predicted octanol–water partition coefficient (Wildman–Crippen LogP) is 4.45. The van der Waals surface area contributed by atoms with Gasteiger partial charge in [0.2, 0.25) is 0 Å². The summed E-state index contributed by atoms with van der Waals surface area (Å²) in [4.78, 5) is 4.56. The van der Waals surface area contributed by atoms with Gasteiger partial charge in [-0.2, -0.15) is 0 Å². The minimum absolute atomic E-state index is 0.631. The van der Waals surface area contributed by atoms with Crippen LogP contribution in [0.3, 0.4) is 0 Å². The highest BCUT2D eigenvalue weighted by Crippen LogP contribution is 2.36. The van der Waals surface area contributed by atoms with E-state index >= 15 is 0 Å². The molecule has 0 fully saturated rings. The highest BCUT2D eigenvalue weighted by atomic mass is 35.5. The van der Waals surface area contributed by atoms with Crippen molar-refractivity contribution in [3.63, 3.8) is 0 Å². The largest absolute Gasteiger partial charge is 0.387 e. The van der Waals surface area contributed by atoms with Crippen LogP contribution in [0, 0.1) is 6.92 Å². The summed E-state index contributed by atoms with van der Waals surface area (Å²) >= 11 is 12.4. The van der Waals surface area contributed by atoms with Crippen LogP contribution in [0.1, 0.15) is 18.2 Å². The lowest BCUT2D eigenvalue weighted by atomic mass is 10.0. The van der Waals surface area contributed by atoms with Gasteiger partial charge in [-0.15, -0.1) is 0 Å². The molecule has 1 aromatic heterocycles. The lowest BCUT2D eigenvalue weighted by Crippen LogP contribution is -2.02. The second-order valence-corrected chi connectivity index (χ2v) is 4.72. The average molecular weight is 269 g/mol. The molecule has 0 radical (unpaired) electrons. The van der Waals surface area contributed by atoms with E-state index in [9.17, 15) is 0 Å². The molecule has 90 valence electrons. The minimum Gasteiger partial charge on any atom is -0.387 e. The van der Waals surface area contributed by atoms with Crippen LogP contribution in [-0.2, 0) is 6.42 Å².